The maximum absolute atomic E-state index is 12.7. The van der Waals surface area contributed by atoms with E-state index in [-0.39, 0.29) is 30.7 Å². The molecular formula is C18H30N4O4. The van der Waals surface area contributed by atoms with Crippen molar-refractivity contribution < 1.29 is 19.1 Å². The molecule has 1 aliphatic rings. The van der Waals surface area contributed by atoms with Gasteiger partial charge in [-0.25, -0.2) is 4.79 Å². The number of nitrogens with two attached hydrogens (primary N) is 1. The van der Waals surface area contributed by atoms with E-state index in [1.165, 1.54) is 11.8 Å². The lowest BCUT2D eigenvalue weighted by Gasteiger charge is -2.36. The molecule has 146 valence electrons. The Bertz CT molecular complexity index is 615. The molecule has 8 heteroatoms. The van der Waals surface area contributed by atoms with Crippen molar-refractivity contribution in [1.29, 1.82) is 0 Å². The summed E-state index contributed by atoms with van der Waals surface area (Å²) < 4.78 is 11.7. The van der Waals surface area contributed by atoms with Gasteiger partial charge in [-0.2, -0.15) is 5.10 Å². The Labute approximate surface area is 154 Å². The second kappa shape index (κ2) is 8.53. The first-order chi connectivity index (χ1) is 12.2. The minimum absolute atomic E-state index is 0.0429. The molecule has 0 aliphatic heterocycles. The predicted molar refractivity (Wildman–Crippen MR) is 96.3 cm³/mol. The number of esters is 1. The van der Waals surface area contributed by atoms with E-state index in [0.29, 0.717) is 6.54 Å². The molecule has 1 saturated carbocycles. The minimum Gasteiger partial charge on any atom is -0.468 e. The molecule has 0 radical (unpaired) electrons. The van der Waals surface area contributed by atoms with Crippen molar-refractivity contribution in [3.63, 3.8) is 0 Å². The van der Waals surface area contributed by atoms with E-state index in [1.807, 2.05) is 20.8 Å². The minimum atomic E-state index is -0.560. The van der Waals surface area contributed by atoms with Crippen LogP contribution in [-0.2, 0) is 27.4 Å². The lowest BCUT2D eigenvalue weighted by Crippen LogP contribution is -2.45. The van der Waals surface area contributed by atoms with Crippen molar-refractivity contribution in [2.24, 2.45) is 5.73 Å². The first-order valence-electron chi connectivity index (χ1n) is 9.01. The molecule has 0 unspecified atom stereocenters. The van der Waals surface area contributed by atoms with Gasteiger partial charge in [0.05, 0.1) is 19.9 Å². The van der Waals surface area contributed by atoms with E-state index in [4.69, 9.17) is 10.5 Å². The van der Waals surface area contributed by atoms with Crippen molar-refractivity contribution in [3.8, 4) is 0 Å². The molecule has 0 spiro atoms. The molecule has 1 fully saturated rings. The number of aromatic nitrogens is 2. The molecule has 0 aromatic carbocycles. The van der Waals surface area contributed by atoms with E-state index in [0.717, 1.165) is 31.2 Å². The van der Waals surface area contributed by atoms with Crippen LogP contribution in [-0.4, -0.2) is 51.5 Å². The maximum atomic E-state index is 12.7. The van der Waals surface area contributed by atoms with Crippen molar-refractivity contribution in [2.45, 2.75) is 77.2 Å². The van der Waals surface area contributed by atoms with Gasteiger partial charge in [0, 0.05) is 23.8 Å². The van der Waals surface area contributed by atoms with Gasteiger partial charge < -0.3 is 20.1 Å². The molecule has 2 rings (SSSR count). The van der Waals surface area contributed by atoms with Crippen LogP contribution in [0.2, 0.25) is 0 Å². The van der Waals surface area contributed by atoms with Crippen molar-refractivity contribution >= 4 is 12.1 Å². The smallest absolute Gasteiger partial charge is 0.410 e. The number of hydrogen-bond acceptors (Lipinski definition) is 6. The van der Waals surface area contributed by atoms with Gasteiger partial charge in [0.15, 0.2) is 0 Å². The molecule has 8 nitrogen and oxygen atoms in total. The Morgan fingerprint density at radius 1 is 1.31 bits per heavy atom. The summed E-state index contributed by atoms with van der Waals surface area (Å²) in [5.41, 5.74) is 6.28. The van der Waals surface area contributed by atoms with Crippen molar-refractivity contribution in [3.05, 3.63) is 18.0 Å². The molecule has 0 bridgehead atoms. The lowest BCUT2D eigenvalue weighted by molar-refractivity contribution is -0.141. The zero-order chi connectivity index (χ0) is 19.3. The van der Waals surface area contributed by atoms with Gasteiger partial charge in [0.25, 0.3) is 0 Å². The van der Waals surface area contributed by atoms with E-state index < -0.39 is 5.60 Å². The summed E-state index contributed by atoms with van der Waals surface area (Å²) in [4.78, 5) is 25.9. The zero-order valence-electron chi connectivity index (χ0n) is 16.1. The van der Waals surface area contributed by atoms with Crippen LogP contribution in [0.3, 0.4) is 0 Å². The lowest BCUT2D eigenvalue weighted by atomic mass is 9.91. The summed E-state index contributed by atoms with van der Waals surface area (Å²) in [7, 11) is 1.34. The fraction of sp³-hybridized carbons (Fsp3) is 0.722. The number of ether oxygens (including phenoxy) is 2. The second-order valence-electron chi connectivity index (χ2n) is 7.80. The van der Waals surface area contributed by atoms with E-state index in [2.05, 4.69) is 9.84 Å². The summed E-state index contributed by atoms with van der Waals surface area (Å²) in [5.74, 6) is -0.370. The maximum Gasteiger partial charge on any atom is 0.410 e. The van der Waals surface area contributed by atoms with Gasteiger partial charge in [-0.3, -0.25) is 9.48 Å². The number of rotatable bonds is 5. The molecule has 2 N–H and O–H groups in total. The fourth-order valence-corrected chi connectivity index (χ4v) is 3.04. The van der Waals surface area contributed by atoms with Crippen LogP contribution in [0, 0.1) is 0 Å². The van der Waals surface area contributed by atoms with Crippen LogP contribution in [0.15, 0.2) is 12.4 Å². The molecule has 1 aliphatic carbocycles. The van der Waals surface area contributed by atoms with Crippen molar-refractivity contribution in [2.75, 3.05) is 7.11 Å². The average molecular weight is 366 g/mol. The summed E-state index contributed by atoms with van der Waals surface area (Å²) in [6, 6.07) is 0.295. The number of nitrogens with zero attached hydrogens (tertiary/aromatic N) is 3. The van der Waals surface area contributed by atoms with Gasteiger partial charge in [-0.15, -0.1) is 0 Å². The number of amides is 1. The number of methoxy groups -OCH3 is 1. The molecule has 1 aromatic rings. The highest BCUT2D eigenvalue weighted by molar-refractivity contribution is 5.69. The van der Waals surface area contributed by atoms with Gasteiger partial charge in [-0.1, -0.05) is 0 Å². The highest BCUT2D eigenvalue weighted by atomic mass is 16.6. The predicted octanol–water partition coefficient (Wildman–Crippen LogP) is 2.06. The molecule has 0 atom stereocenters. The summed E-state index contributed by atoms with van der Waals surface area (Å²) in [5, 5.41) is 4.17. The van der Waals surface area contributed by atoms with Crippen LogP contribution < -0.4 is 5.73 Å². The Balaban J connectivity index is 2.10. The van der Waals surface area contributed by atoms with Crippen LogP contribution in [0.4, 0.5) is 4.79 Å². The molecular weight excluding hydrogens is 336 g/mol. The fourth-order valence-electron chi connectivity index (χ4n) is 3.04. The summed E-state index contributed by atoms with van der Waals surface area (Å²) in [6.45, 7) is 5.99. The number of carbonyl (C=O) groups is 2. The second-order valence-corrected chi connectivity index (χ2v) is 7.80. The van der Waals surface area contributed by atoms with Gasteiger partial charge in [0.2, 0.25) is 0 Å². The summed E-state index contributed by atoms with van der Waals surface area (Å²) in [6.07, 6.45) is 6.58. The molecule has 1 amide bonds. The monoisotopic (exact) mass is 366 g/mol. The third kappa shape index (κ3) is 6.01. The zero-order valence-corrected chi connectivity index (χ0v) is 16.1. The molecule has 1 heterocycles. The Morgan fingerprint density at radius 2 is 1.96 bits per heavy atom. The molecule has 26 heavy (non-hydrogen) atoms. The highest BCUT2D eigenvalue weighted by Gasteiger charge is 2.31. The first kappa shape index (κ1) is 20.2. The number of carbonyl (C=O) groups excluding carboxylic acids is 2. The van der Waals surface area contributed by atoms with Crippen molar-refractivity contribution in [1.82, 2.24) is 14.7 Å². The topological polar surface area (TPSA) is 99.7 Å². The van der Waals surface area contributed by atoms with Gasteiger partial charge in [0.1, 0.15) is 12.1 Å². The third-order valence-corrected chi connectivity index (χ3v) is 4.37. The van der Waals surface area contributed by atoms with Crippen LogP contribution in [0.5, 0.6) is 0 Å². The first-order valence-corrected chi connectivity index (χ1v) is 9.01. The standard InChI is InChI=1S/C18H30N4O4/c1-18(2,3)26-17(24)22(15-7-5-14(19)6-8-15)11-13-9-20-21(10-13)12-16(23)25-4/h9-10,14-15H,5-8,11-12,19H2,1-4H3. The third-order valence-electron chi connectivity index (χ3n) is 4.37. The van der Waals surface area contributed by atoms with Gasteiger partial charge in [-0.05, 0) is 46.5 Å². The highest BCUT2D eigenvalue weighted by Crippen LogP contribution is 2.25. The van der Waals surface area contributed by atoms with Gasteiger partial charge >= 0.3 is 12.1 Å². The quantitative estimate of drug-likeness (QED) is 0.801. The molecule has 0 saturated heterocycles. The Kier molecular flexibility index (Phi) is 6.63. The molecule has 1 aromatic heterocycles. The number of hydrogen-bond donors (Lipinski definition) is 1. The van der Waals surface area contributed by atoms with E-state index >= 15 is 0 Å². The van der Waals surface area contributed by atoms with E-state index in [1.54, 1.807) is 17.3 Å². The SMILES string of the molecule is COC(=O)Cn1cc(CN(C(=O)OC(C)(C)C)C2CCC(N)CC2)cn1. The van der Waals surface area contributed by atoms with Crippen LogP contribution in [0.1, 0.15) is 52.0 Å². The normalized spacial score (nSPS) is 20.5. The average Bonchev–Trinajstić information content (AvgIpc) is 2.99. The van der Waals surface area contributed by atoms with Crippen LogP contribution >= 0.6 is 0 Å². The van der Waals surface area contributed by atoms with Crippen LogP contribution in [0.25, 0.3) is 0 Å². The Morgan fingerprint density at radius 3 is 2.54 bits per heavy atom. The van der Waals surface area contributed by atoms with E-state index in [9.17, 15) is 9.59 Å². The Hall–Kier alpha value is -2.09. The largest absolute Gasteiger partial charge is 0.468 e. The summed E-state index contributed by atoms with van der Waals surface area (Å²) >= 11 is 0.